The van der Waals surface area contributed by atoms with Crippen LogP contribution in [0.15, 0.2) is 24.3 Å². The van der Waals surface area contributed by atoms with Crippen LogP contribution in [0.1, 0.15) is 64.5 Å². The molecule has 2 aliphatic rings. The summed E-state index contributed by atoms with van der Waals surface area (Å²) in [6, 6.07) is 8.34. The summed E-state index contributed by atoms with van der Waals surface area (Å²) in [7, 11) is 1.95. The smallest absolute Gasteiger partial charge is 0.323 e. The molecule has 1 aliphatic heterocycles. The predicted molar refractivity (Wildman–Crippen MR) is 107 cm³/mol. The second kappa shape index (κ2) is 7.27. The molecule has 2 atom stereocenters. The van der Waals surface area contributed by atoms with Gasteiger partial charge >= 0.3 is 6.03 Å². The zero-order valence-corrected chi connectivity index (χ0v) is 17.3. The van der Waals surface area contributed by atoms with Crippen LogP contribution >= 0.6 is 0 Å². The van der Waals surface area contributed by atoms with Crippen molar-refractivity contribution in [2.45, 2.75) is 70.9 Å². The summed E-state index contributed by atoms with van der Waals surface area (Å²) in [4.78, 5) is 29.0. The van der Waals surface area contributed by atoms with Gasteiger partial charge in [-0.15, -0.1) is 0 Å². The van der Waals surface area contributed by atoms with Crippen molar-refractivity contribution in [2.24, 2.45) is 5.92 Å². The molecule has 3 rings (SSSR count). The molecule has 1 saturated heterocycles. The number of carbonyl (C=O) groups excluding carboxylic acids is 2. The minimum atomic E-state index is -0.676. The molecule has 0 radical (unpaired) electrons. The first-order chi connectivity index (χ1) is 12.6. The number of rotatable bonds is 4. The van der Waals surface area contributed by atoms with Gasteiger partial charge in [0, 0.05) is 6.54 Å². The van der Waals surface area contributed by atoms with Crippen molar-refractivity contribution >= 4 is 11.9 Å². The van der Waals surface area contributed by atoms with E-state index in [-0.39, 0.29) is 23.3 Å². The number of urea groups is 1. The molecular formula is C22H33N3O2. The predicted octanol–water partition coefficient (Wildman–Crippen LogP) is 3.87. The summed E-state index contributed by atoms with van der Waals surface area (Å²) in [5.41, 5.74) is 1.94. The number of amides is 3. The lowest BCUT2D eigenvalue weighted by Gasteiger charge is -2.37. The molecular weight excluding hydrogens is 338 g/mol. The Labute approximate surface area is 163 Å². The van der Waals surface area contributed by atoms with Gasteiger partial charge in [0.2, 0.25) is 0 Å². The average Bonchev–Trinajstić information content (AvgIpc) is 2.82. The van der Waals surface area contributed by atoms with Crippen LogP contribution in [0.25, 0.3) is 0 Å². The lowest BCUT2D eigenvalue weighted by Crippen LogP contribution is -2.54. The molecule has 0 unspecified atom stereocenters. The molecule has 2 fully saturated rings. The highest BCUT2D eigenvalue weighted by Crippen LogP contribution is 2.38. The highest BCUT2D eigenvalue weighted by atomic mass is 16.2. The number of hydrogen-bond acceptors (Lipinski definition) is 3. The minimum absolute atomic E-state index is 0.0466. The minimum Gasteiger partial charge on any atom is -0.323 e. The van der Waals surface area contributed by atoms with Gasteiger partial charge in [0.1, 0.15) is 5.54 Å². The quantitative estimate of drug-likeness (QED) is 0.818. The highest BCUT2D eigenvalue weighted by Gasteiger charge is 2.54. The summed E-state index contributed by atoms with van der Waals surface area (Å²) in [5, 5.41) is 3.02. The van der Waals surface area contributed by atoms with E-state index in [4.69, 9.17) is 0 Å². The Bertz CT molecular complexity index is 707. The Morgan fingerprint density at radius 2 is 1.85 bits per heavy atom. The van der Waals surface area contributed by atoms with Crippen molar-refractivity contribution in [3.05, 3.63) is 35.4 Å². The zero-order valence-electron chi connectivity index (χ0n) is 17.3. The molecule has 5 nitrogen and oxygen atoms in total. The molecule has 0 aromatic heterocycles. The third kappa shape index (κ3) is 3.88. The van der Waals surface area contributed by atoms with E-state index in [1.165, 1.54) is 16.0 Å². The highest BCUT2D eigenvalue weighted by molar-refractivity contribution is 6.07. The molecule has 1 N–H and O–H groups in total. The van der Waals surface area contributed by atoms with Gasteiger partial charge in [-0.1, -0.05) is 64.8 Å². The fraction of sp³-hybridized carbons (Fsp3) is 0.636. The SMILES string of the molecule is C[C@@H]1CCCC[C@@]12NC(=O)N(CN(C)Cc1ccc(C(C)(C)C)cc1)C2=O. The molecule has 1 saturated carbocycles. The summed E-state index contributed by atoms with van der Waals surface area (Å²) in [6.45, 7) is 9.71. The van der Waals surface area contributed by atoms with Gasteiger partial charge in [-0.2, -0.15) is 0 Å². The van der Waals surface area contributed by atoms with E-state index in [9.17, 15) is 9.59 Å². The van der Waals surface area contributed by atoms with Crippen molar-refractivity contribution in [3.8, 4) is 0 Å². The normalized spacial score (nSPS) is 26.1. The topological polar surface area (TPSA) is 52.7 Å². The van der Waals surface area contributed by atoms with Gasteiger partial charge in [0.25, 0.3) is 5.91 Å². The summed E-state index contributed by atoms with van der Waals surface area (Å²) in [5.74, 6) is 0.151. The largest absolute Gasteiger partial charge is 0.326 e. The Kier molecular flexibility index (Phi) is 5.35. The number of benzene rings is 1. The van der Waals surface area contributed by atoms with Crippen LogP contribution in [0.4, 0.5) is 4.79 Å². The summed E-state index contributed by atoms with van der Waals surface area (Å²) < 4.78 is 0. The van der Waals surface area contributed by atoms with Gasteiger partial charge in [-0.25, -0.2) is 9.69 Å². The third-order valence-electron chi connectivity index (χ3n) is 6.16. The van der Waals surface area contributed by atoms with Crippen molar-refractivity contribution < 1.29 is 9.59 Å². The van der Waals surface area contributed by atoms with Crippen molar-refractivity contribution in [2.75, 3.05) is 13.7 Å². The fourth-order valence-corrected chi connectivity index (χ4v) is 4.34. The van der Waals surface area contributed by atoms with E-state index in [1.807, 2.05) is 11.9 Å². The first kappa shape index (κ1) is 19.9. The molecule has 1 aromatic rings. The first-order valence-electron chi connectivity index (χ1n) is 10.1. The van der Waals surface area contributed by atoms with Crippen LogP contribution in [-0.4, -0.2) is 41.0 Å². The third-order valence-corrected chi connectivity index (χ3v) is 6.16. The molecule has 148 valence electrons. The van der Waals surface area contributed by atoms with E-state index in [1.54, 1.807) is 0 Å². The van der Waals surface area contributed by atoms with Gasteiger partial charge in [-0.05, 0) is 42.3 Å². The Morgan fingerprint density at radius 3 is 2.44 bits per heavy atom. The standard InChI is InChI=1S/C22H33N3O2/c1-16-8-6-7-13-22(16)19(26)25(20(27)23-22)15-24(5)14-17-9-11-18(12-10-17)21(2,3)4/h9-12,16H,6-8,13-15H2,1-5H3,(H,23,27)/t16-,22-/m1/s1. The van der Waals surface area contributed by atoms with Crippen LogP contribution in [0.3, 0.4) is 0 Å². The van der Waals surface area contributed by atoms with Crippen LogP contribution < -0.4 is 5.32 Å². The zero-order chi connectivity index (χ0) is 19.8. The maximum Gasteiger partial charge on any atom is 0.326 e. The van der Waals surface area contributed by atoms with Crippen LogP contribution in [0.2, 0.25) is 0 Å². The molecule has 1 aromatic carbocycles. The van der Waals surface area contributed by atoms with Gasteiger partial charge < -0.3 is 5.32 Å². The van der Waals surface area contributed by atoms with Crippen LogP contribution in [0, 0.1) is 5.92 Å². The number of carbonyl (C=O) groups is 2. The number of imide groups is 1. The van der Waals surface area contributed by atoms with E-state index >= 15 is 0 Å². The van der Waals surface area contributed by atoms with Gasteiger partial charge in [-0.3, -0.25) is 9.69 Å². The molecule has 27 heavy (non-hydrogen) atoms. The Morgan fingerprint density at radius 1 is 1.19 bits per heavy atom. The van der Waals surface area contributed by atoms with Crippen molar-refractivity contribution in [1.29, 1.82) is 0 Å². The van der Waals surface area contributed by atoms with E-state index in [0.29, 0.717) is 13.2 Å². The van der Waals surface area contributed by atoms with Crippen LogP contribution in [-0.2, 0) is 16.8 Å². The number of hydrogen-bond donors (Lipinski definition) is 1. The maximum atomic E-state index is 13.1. The maximum absolute atomic E-state index is 13.1. The first-order valence-corrected chi connectivity index (χ1v) is 10.1. The molecule has 1 aliphatic carbocycles. The molecule has 1 heterocycles. The van der Waals surface area contributed by atoms with Crippen molar-refractivity contribution in [1.82, 2.24) is 15.1 Å². The summed E-state index contributed by atoms with van der Waals surface area (Å²) >= 11 is 0. The number of nitrogens with one attached hydrogen (secondary N) is 1. The average molecular weight is 372 g/mol. The second-order valence-corrected chi connectivity index (χ2v) is 9.38. The molecule has 5 heteroatoms. The number of nitrogens with zero attached hydrogens (tertiary/aromatic N) is 2. The monoisotopic (exact) mass is 371 g/mol. The van der Waals surface area contributed by atoms with Crippen LogP contribution in [0.5, 0.6) is 0 Å². The summed E-state index contributed by atoms with van der Waals surface area (Å²) in [6.07, 6.45) is 3.89. The molecule has 0 bridgehead atoms. The van der Waals surface area contributed by atoms with Crippen molar-refractivity contribution in [3.63, 3.8) is 0 Å². The Balaban J connectivity index is 1.64. The second-order valence-electron chi connectivity index (χ2n) is 9.38. The molecule has 3 amide bonds. The van der Waals surface area contributed by atoms with E-state index < -0.39 is 5.54 Å². The fourth-order valence-electron chi connectivity index (χ4n) is 4.34. The lowest BCUT2D eigenvalue weighted by atomic mass is 9.73. The van der Waals surface area contributed by atoms with E-state index in [2.05, 4.69) is 57.3 Å². The van der Waals surface area contributed by atoms with E-state index in [0.717, 1.165) is 25.7 Å². The Hall–Kier alpha value is -1.88. The van der Waals surface area contributed by atoms with Gasteiger partial charge in [0.15, 0.2) is 0 Å². The van der Waals surface area contributed by atoms with Gasteiger partial charge in [0.05, 0.1) is 6.67 Å². The lowest BCUT2D eigenvalue weighted by molar-refractivity contribution is -0.135. The molecule has 1 spiro atoms.